The Morgan fingerprint density at radius 1 is 1.28 bits per heavy atom. The summed E-state index contributed by atoms with van der Waals surface area (Å²) in [4.78, 5) is 11.9. The summed E-state index contributed by atoms with van der Waals surface area (Å²) in [5.74, 6) is -0.126. The van der Waals surface area contributed by atoms with Crippen molar-refractivity contribution in [1.29, 1.82) is 0 Å². The second-order valence-electron chi connectivity index (χ2n) is 7.72. The van der Waals surface area contributed by atoms with Gasteiger partial charge in [0.05, 0.1) is 15.8 Å². The van der Waals surface area contributed by atoms with Crippen LogP contribution < -0.4 is 10.2 Å². The Hall–Kier alpha value is -2.47. The van der Waals surface area contributed by atoms with Crippen molar-refractivity contribution in [3.05, 3.63) is 47.7 Å². The molecule has 0 saturated carbocycles. The number of hydrogen-bond donors (Lipinski definition) is 3. The summed E-state index contributed by atoms with van der Waals surface area (Å²) in [5.41, 5.74) is 0.364. The molecule has 0 bridgehead atoms. The molecule has 0 aliphatic carbocycles. The summed E-state index contributed by atoms with van der Waals surface area (Å²) in [6, 6.07) is 8.47. The molecule has 172 valence electrons. The topological polar surface area (TPSA) is 84.8 Å². The van der Waals surface area contributed by atoms with Crippen LogP contribution in [0.15, 0.2) is 36.5 Å². The Balaban J connectivity index is 1.47. The average molecular weight is 468 g/mol. The first kappa shape index (κ1) is 22.7. The number of nitrogens with zero attached hydrogens (tertiary/aromatic N) is 4. The van der Waals surface area contributed by atoms with E-state index in [9.17, 15) is 18.3 Å². The van der Waals surface area contributed by atoms with Crippen LogP contribution in [-0.2, 0) is 12.6 Å². The van der Waals surface area contributed by atoms with Crippen molar-refractivity contribution in [2.75, 3.05) is 36.5 Å². The van der Waals surface area contributed by atoms with Crippen LogP contribution in [0, 0.1) is 0 Å². The van der Waals surface area contributed by atoms with E-state index in [1.54, 1.807) is 9.80 Å². The third-order valence-electron chi connectivity index (χ3n) is 5.47. The first-order chi connectivity index (χ1) is 15.3. The van der Waals surface area contributed by atoms with Gasteiger partial charge in [0.2, 0.25) is 0 Å². The molecule has 3 N–H and O–H groups in total. The SMILES string of the molecule is C[C@@H]1CN(c2ncc(CCO)cc2C(F)(F)F)CCN1C(O)Nc1nc2ccccc2s1. The van der Waals surface area contributed by atoms with Crippen molar-refractivity contribution >= 4 is 32.5 Å². The van der Waals surface area contributed by atoms with E-state index in [0.717, 1.165) is 16.3 Å². The summed E-state index contributed by atoms with van der Waals surface area (Å²) in [6.07, 6.45) is -4.08. The summed E-state index contributed by atoms with van der Waals surface area (Å²) in [5, 5.41) is 23.3. The highest BCUT2D eigenvalue weighted by molar-refractivity contribution is 7.22. The standard InChI is InChI=1S/C21H24F3N5O2S/c1-13-12-28(18-15(21(22,23)24)10-14(6-9-30)11-25-18)7-8-29(13)20(31)27-19-26-16-4-2-3-5-17(16)32-19/h2-5,10-11,13,20,30-31H,6-9,12H2,1H3,(H,26,27)/t13-,20?/m1/s1. The van der Waals surface area contributed by atoms with E-state index in [1.807, 2.05) is 31.2 Å². The van der Waals surface area contributed by atoms with Crippen molar-refractivity contribution in [3.8, 4) is 0 Å². The normalized spacial score (nSPS) is 18.8. The highest BCUT2D eigenvalue weighted by Crippen LogP contribution is 2.37. The van der Waals surface area contributed by atoms with Crippen molar-refractivity contribution < 1.29 is 23.4 Å². The maximum Gasteiger partial charge on any atom is 0.419 e. The molecule has 1 unspecified atom stereocenters. The Morgan fingerprint density at radius 2 is 2.06 bits per heavy atom. The van der Waals surface area contributed by atoms with E-state index in [-0.39, 0.29) is 38.0 Å². The molecule has 2 aromatic heterocycles. The minimum atomic E-state index is -4.55. The van der Waals surface area contributed by atoms with Crippen molar-refractivity contribution in [2.24, 2.45) is 0 Å². The van der Waals surface area contributed by atoms with E-state index in [1.165, 1.54) is 17.5 Å². The van der Waals surface area contributed by atoms with Gasteiger partial charge in [0.25, 0.3) is 0 Å². The Labute approximate surface area is 187 Å². The smallest absolute Gasteiger partial charge is 0.396 e. The molecule has 4 rings (SSSR count). The van der Waals surface area contributed by atoms with Gasteiger partial charge >= 0.3 is 6.18 Å². The molecule has 0 amide bonds. The van der Waals surface area contributed by atoms with Gasteiger partial charge in [-0.15, -0.1) is 0 Å². The molecule has 0 spiro atoms. The van der Waals surface area contributed by atoms with E-state index in [4.69, 9.17) is 5.11 Å². The van der Waals surface area contributed by atoms with Crippen molar-refractivity contribution in [2.45, 2.75) is 31.9 Å². The second kappa shape index (κ2) is 9.18. The quantitative estimate of drug-likeness (QED) is 0.481. The monoisotopic (exact) mass is 467 g/mol. The van der Waals surface area contributed by atoms with Crippen LogP contribution >= 0.6 is 11.3 Å². The number of pyridine rings is 1. The van der Waals surface area contributed by atoms with E-state index in [2.05, 4.69) is 15.3 Å². The van der Waals surface area contributed by atoms with Crippen LogP contribution in [-0.4, -0.2) is 63.7 Å². The van der Waals surface area contributed by atoms with E-state index >= 15 is 0 Å². The third kappa shape index (κ3) is 4.80. The fourth-order valence-electron chi connectivity index (χ4n) is 3.88. The fraction of sp³-hybridized carbons (Fsp3) is 0.429. The number of fused-ring (bicyclic) bond motifs is 1. The van der Waals surface area contributed by atoms with E-state index < -0.39 is 18.1 Å². The lowest BCUT2D eigenvalue weighted by Gasteiger charge is -2.42. The maximum absolute atomic E-state index is 13.7. The number of benzene rings is 1. The molecule has 11 heteroatoms. The fourth-order valence-corrected chi connectivity index (χ4v) is 4.76. The first-order valence-corrected chi connectivity index (χ1v) is 11.1. The van der Waals surface area contributed by atoms with Gasteiger partial charge in [-0.25, -0.2) is 9.97 Å². The zero-order valence-electron chi connectivity index (χ0n) is 17.4. The third-order valence-corrected chi connectivity index (χ3v) is 6.44. The van der Waals surface area contributed by atoms with Gasteiger partial charge < -0.3 is 20.4 Å². The number of hydrogen-bond acceptors (Lipinski definition) is 8. The number of anilines is 2. The molecule has 3 heterocycles. The predicted octanol–water partition coefficient (Wildman–Crippen LogP) is 3.14. The van der Waals surface area contributed by atoms with Crippen LogP contribution in [0.5, 0.6) is 0 Å². The minimum absolute atomic E-state index is 0.115. The molecule has 2 atom stereocenters. The highest BCUT2D eigenvalue weighted by atomic mass is 32.1. The van der Waals surface area contributed by atoms with Gasteiger partial charge in [-0.05, 0) is 37.1 Å². The van der Waals surface area contributed by atoms with Crippen LogP contribution in [0.25, 0.3) is 10.2 Å². The molecule has 1 aliphatic rings. The number of piperazine rings is 1. The molecule has 1 aromatic carbocycles. The summed E-state index contributed by atoms with van der Waals surface area (Å²) >= 11 is 1.43. The number of aromatic nitrogens is 2. The van der Waals surface area contributed by atoms with Crippen LogP contribution in [0.4, 0.5) is 24.1 Å². The van der Waals surface area contributed by atoms with Crippen LogP contribution in [0.2, 0.25) is 0 Å². The number of rotatable bonds is 6. The Bertz CT molecular complexity index is 1040. The lowest BCUT2D eigenvalue weighted by molar-refractivity contribution is -0.137. The molecule has 32 heavy (non-hydrogen) atoms. The summed E-state index contributed by atoms with van der Waals surface area (Å²) in [6.45, 7) is 2.50. The highest BCUT2D eigenvalue weighted by Gasteiger charge is 2.38. The molecule has 1 fully saturated rings. The molecule has 7 nitrogen and oxygen atoms in total. The van der Waals surface area contributed by atoms with Crippen LogP contribution in [0.1, 0.15) is 18.1 Å². The minimum Gasteiger partial charge on any atom is -0.396 e. The number of para-hydroxylation sites is 1. The largest absolute Gasteiger partial charge is 0.419 e. The van der Waals surface area contributed by atoms with Gasteiger partial charge in [0.1, 0.15) is 5.82 Å². The van der Waals surface area contributed by atoms with Crippen molar-refractivity contribution in [1.82, 2.24) is 14.9 Å². The van der Waals surface area contributed by atoms with Gasteiger partial charge in [-0.3, -0.25) is 4.90 Å². The second-order valence-corrected chi connectivity index (χ2v) is 8.75. The Kier molecular flexibility index (Phi) is 6.52. The lowest BCUT2D eigenvalue weighted by atomic mass is 10.1. The van der Waals surface area contributed by atoms with Crippen molar-refractivity contribution in [3.63, 3.8) is 0 Å². The van der Waals surface area contributed by atoms with Crippen LogP contribution in [0.3, 0.4) is 0 Å². The van der Waals surface area contributed by atoms with E-state index in [0.29, 0.717) is 17.2 Å². The first-order valence-electron chi connectivity index (χ1n) is 10.2. The molecule has 1 saturated heterocycles. The average Bonchev–Trinajstić information content (AvgIpc) is 3.15. The number of aliphatic hydroxyl groups is 2. The number of thiazole rings is 1. The lowest BCUT2D eigenvalue weighted by Crippen LogP contribution is -2.57. The van der Waals surface area contributed by atoms with Gasteiger partial charge in [0.15, 0.2) is 11.5 Å². The number of nitrogens with one attached hydrogen (secondary N) is 1. The predicted molar refractivity (Wildman–Crippen MR) is 118 cm³/mol. The van der Waals surface area contributed by atoms with Gasteiger partial charge in [-0.1, -0.05) is 23.5 Å². The number of aliphatic hydroxyl groups excluding tert-OH is 2. The Morgan fingerprint density at radius 3 is 2.75 bits per heavy atom. The molecular weight excluding hydrogens is 443 g/mol. The van der Waals surface area contributed by atoms with Gasteiger partial charge in [0, 0.05) is 38.5 Å². The van der Waals surface area contributed by atoms with Gasteiger partial charge in [-0.2, -0.15) is 13.2 Å². The molecular formula is C21H24F3N5O2S. The molecule has 0 radical (unpaired) electrons. The zero-order valence-corrected chi connectivity index (χ0v) is 18.2. The summed E-state index contributed by atoms with van der Waals surface area (Å²) < 4.78 is 42.0. The maximum atomic E-state index is 13.7. The summed E-state index contributed by atoms with van der Waals surface area (Å²) in [7, 11) is 0. The zero-order chi connectivity index (χ0) is 22.9. The number of halogens is 3. The molecule has 3 aromatic rings. The number of alkyl halides is 3. The molecule has 1 aliphatic heterocycles.